The number of hydrogen-bond acceptors (Lipinski definition) is 1. The number of hydrogen-bond donors (Lipinski definition) is 0. The molecule has 0 amide bonds. The molecule has 0 saturated carbocycles. The Morgan fingerprint density at radius 3 is 2.92 bits per heavy atom. The molecule has 13 heavy (non-hydrogen) atoms. The van der Waals surface area contributed by atoms with Crippen molar-refractivity contribution < 1.29 is 0 Å². The monoisotopic (exact) mass is 238 g/mol. The SMILES string of the molecule is CCn1nc(C)c2ccc(Br)cc21. The van der Waals surface area contributed by atoms with E-state index in [9.17, 15) is 0 Å². The lowest BCUT2D eigenvalue weighted by Gasteiger charge is -1.97. The number of benzene rings is 1. The summed E-state index contributed by atoms with van der Waals surface area (Å²) >= 11 is 3.46. The molecule has 0 fully saturated rings. The Bertz CT molecular complexity index is 445. The van der Waals surface area contributed by atoms with Gasteiger partial charge < -0.3 is 0 Å². The summed E-state index contributed by atoms with van der Waals surface area (Å²) < 4.78 is 3.13. The molecule has 2 nitrogen and oxygen atoms in total. The number of aryl methyl sites for hydroxylation is 2. The van der Waals surface area contributed by atoms with Gasteiger partial charge in [-0.2, -0.15) is 5.10 Å². The highest BCUT2D eigenvalue weighted by molar-refractivity contribution is 9.10. The Balaban J connectivity index is 2.81. The average Bonchev–Trinajstić information content (AvgIpc) is 2.42. The first-order chi connectivity index (χ1) is 6.22. The number of aromatic nitrogens is 2. The molecule has 1 aromatic carbocycles. The quantitative estimate of drug-likeness (QED) is 0.747. The van der Waals surface area contributed by atoms with Crippen LogP contribution in [0.3, 0.4) is 0 Å². The number of nitrogens with zero attached hydrogens (tertiary/aromatic N) is 2. The predicted molar refractivity (Wildman–Crippen MR) is 57.8 cm³/mol. The molecular formula is C10H11BrN2. The molecule has 68 valence electrons. The van der Waals surface area contributed by atoms with Crippen LogP contribution in [-0.2, 0) is 6.54 Å². The van der Waals surface area contributed by atoms with Crippen molar-refractivity contribution in [3.05, 3.63) is 28.4 Å². The van der Waals surface area contributed by atoms with E-state index in [1.807, 2.05) is 11.6 Å². The van der Waals surface area contributed by atoms with E-state index >= 15 is 0 Å². The van der Waals surface area contributed by atoms with Crippen LogP contribution in [0.1, 0.15) is 12.6 Å². The summed E-state index contributed by atoms with van der Waals surface area (Å²) in [4.78, 5) is 0. The van der Waals surface area contributed by atoms with E-state index in [1.165, 1.54) is 10.9 Å². The summed E-state index contributed by atoms with van der Waals surface area (Å²) in [5.41, 5.74) is 2.30. The van der Waals surface area contributed by atoms with Gasteiger partial charge in [0.25, 0.3) is 0 Å². The van der Waals surface area contributed by atoms with Gasteiger partial charge in [-0.15, -0.1) is 0 Å². The molecule has 0 unspecified atom stereocenters. The smallest absolute Gasteiger partial charge is 0.0696 e. The highest BCUT2D eigenvalue weighted by Crippen LogP contribution is 2.22. The van der Waals surface area contributed by atoms with E-state index in [4.69, 9.17) is 0 Å². The van der Waals surface area contributed by atoms with Gasteiger partial charge in [0, 0.05) is 16.4 Å². The molecule has 2 rings (SSSR count). The first kappa shape index (κ1) is 8.75. The van der Waals surface area contributed by atoms with Gasteiger partial charge in [0.1, 0.15) is 0 Å². The third-order valence-electron chi connectivity index (χ3n) is 2.20. The van der Waals surface area contributed by atoms with Crippen LogP contribution in [0, 0.1) is 6.92 Å². The van der Waals surface area contributed by atoms with E-state index in [2.05, 4.69) is 46.2 Å². The van der Waals surface area contributed by atoms with Gasteiger partial charge in [0.05, 0.1) is 11.2 Å². The van der Waals surface area contributed by atoms with E-state index in [1.54, 1.807) is 0 Å². The first-order valence-electron chi connectivity index (χ1n) is 4.35. The predicted octanol–water partition coefficient (Wildman–Crippen LogP) is 3.13. The van der Waals surface area contributed by atoms with Gasteiger partial charge >= 0.3 is 0 Å². The second kappa shape index (κ2) is 3.14. The zero-order valence-electron chi connectivity index (χ0n) is 7.71. The summed E-state index contributed by atoms with van der Waals surface area (Å²) in [5.74, 6) is 0. The molecule has 0 aliphatic carbocycles. The van der Waals surface area contributed by atoms with Crippen molar-refractivity contribution in [2.75, 3.05) is 0 Å². The normalized spacial score (nSPS) is 11.0. The van der Waals surface area contributed by atoms with Crippen molar-refractivity contribution in [1.29, 1.82) is 0 Å². The Hall–Kier alpha value is -0.830. The summed E-state index contributed by atoms with van der Waals surface area (Å²) in [7, 11) is 0. The number of halogens is 1. The lowest BCUT2D eigenvalue weighted by molar-refractivity contribution is 0.676. The summed E-state index contributed by atoms with van der Waals surface area (Å²) in [5, 5.41) is 5.69. The van der Waals surface area contributed by atoms with Gasteiger partial charge in [-0.25, -0.2) is 0 Å². The van der Waals surface area contributed by atoms with Crippen molar-refractivity contribution in [3.8, 4) is 0 Å². The zero-order chi connectivity index (χ0) is 9.42. The van der Waals surface area contributed by atoms with Crippen LogP contribution < -0.4 is 0 Å². The molecule has 2 aromatic rings. The second-order valence-corrected chi connectivity index (χ2v) is 3.98. The molecule has 0 aliphatic heterocycles. The van der Waals surface area contributed by atoms with E-state index in [-0.39, 0.29) is 0 Å². The summed E-state index contributed by atoms with van der Waals surface area (Å²) in [6, 6.07) is 6.27. The maximum Gasteiger partial charge on any atom is 0.0696 e. The van der Waals surface area contributed by atoms with Crippen LogP contribution >= 0.6 is 15.9 Å². The lowest BCUT2D eigenvalue weighted by atomic mass is 10.2. The van der Waals surface area contributed by atoms with E-state index in [0.29, 0.717) is 0 Å². The van der Waals surface area contributed by atoms with Gasteiger partial charge in [-0.05, 0) is 32.0 Å². The van der Waals surface area contributed by atoms with Gasteiger partial charge in [0.2, 0.25) is 0 Å². The standard InChI is InChI=1S/C10H11BrN2/c1-3-13-10-6-8(11)4-5-9(10)7(2)12-13/h4-6H,3H2,1-2H3. The largest absolute Gasteiger partial charge is 0.265 e. The molecule has 0 bridgehead atoms. The number of rotatable bonds is 1. The molecule has 3 heteroatoms. The summed E-state index contributed by atoms with van der Waals surface area (Å²) in [6.45, 7) is 5.07. The molecule has 0 spiro atoms. The minimum atomic E-state index is 0.917. The molecule has 0 N–H and O–H groups in total. The Morgan fingerprint density at radius 1 is 1.46 bits per heavy atom. The topological polar surface area (TPSA) is 17.8 Å². The minimum Gasteiger partial charge on any atom is -0.265 e. The van der Waals surface area contributed by atoms with E-state index < -0.39 is 0 Å². The van der Waals surface area contributed by atoms with Crippen LogP contribution in [0.25, 0.3) is 10.9 Å². The Morgan fingerprint density at radius 2 is 2.23 bits per heavy atom. The number of fused-ring (bicyclic) bond motifs is 1. The molecule has 0 atom stereocenters. The fraction of sp³-hybridized carbons (Fsp3) is 0.300. The first-order valence-corrected chi connectivity index (χ1v) is 5.14. The minimum absolute atomic E-state index is 0.917. The van der Waals surface area contributed by atoms with Crippen LogP contribution in [0.2, 0.25) is 0 Å². The van der Waals surface area contributed by atoms with Crippen molar-refractivity contribution in [1.82, 2.24) is 9.78 Å². The molecule has 1 aromatic heterocycles. The van der Waals surface area contributed by atoms with Crippen molar-refractivity contribution >= 4 is 26.8 Å². The Kier molecular flexibility index (Phi) is 2.12. The van der Waals surface area contributed by atoms with Crippen LogP contribution in [0.4, 0.5) is 0 Å². The molecule has 0 saturated heterocycles. The van der Waals surface area contributed by atoms with Crippen molar-refractivity contribution in [2.24, 2.45) is 0 Å². The molecule has 0 radical (unpaired) electrons. The van der Waals surface area contributed by atoms with Gasteiger partial charge in [0.15, 0.2) is 0 Å². The third-order valence-corrected chi connectivity index (χ3v) is 2.69. The third kappa shape index (κ3) is 1.37. The fourth-order valence-corrected chi connectivity index (χ4v) is 1.90. The molecular weight excluding hydrogens is 228 g/mol. The molecule has 0 aliphatic rings. The second-order valence-electron chi connectivity index (χ2n) is 3.06. The lowest BCUT2D eigenvalue weighted by Crippen LogP contribution is -1.95. The van der Waals surface area contributed by atoms with Crippen LogP contribution in [-0.4, -0.2) is 9.78 Å². The highest BCUT2D eigenvalue weighted by Gasteiger charge is 2.05. The van der Waals surface area contributed by atoms with Crippen LogP contribution in [0.15, 0.2) is 22.7 Å². The van der Waals surface area contributed by atoms with E-state index in [0.717, 1.165) is 16.7 Å². The zero-order valence-corrected chi connectivity index (χ0v) is 9.30. The summed E-state index contributed by atoms with van der Waals surface area (Å²) in [6.07, 6.45) is 0. The highest BCUT2D eigenvalue weighted by atomic mass is 79.9. The average molecular weight is 239 g/mol. The maximum atomic E-state index is 4.45. The Labute approximate surface area is 85.7 Å². The van der Waals surface area contributed by atoms with Gasteiger partial charge in [-0.1, -0.05) is 15.9 Å². The van der Waals surface area contributed by atoms with Gasteiger partial charge in [-0.3, -0.25) is 4.68 Å². The van der Waals surface area contributed by atoms with Crippen molar-refractivity contribution in [3.63, 3.8) is 0 Å². The maximum absolute atomic E-state index is 4.45. The van der Waals surface area contributed by atoms with Crippen LogP contribution in [0.5, 0.6) is 0 Å². The molecule has 1 heterocycles. The fourth-order valence-electron chi connectivity index (χ4n) is 1.55. The van der Waals surface area contributed by atoms with Crippen molar-refractivity contribution in [2.45, 2.75) is 20.4 Å².